The molecule has 4 atom stereocenters. The van der Waals surface area contributed by atoms with E-state index in [0.717, 1.165) is 43.5 Å². The molecule has 9 heteroatoms. The van der Waals surface area contributed by atoms with Gasteiger partial charge in [0.05, 0.1) is 17.2 Å². The third kappa shape index (κ3) is 8.94. The van der Waals surface area contributed by atoms with Crippen molar-refractivity contribution < 1.29 is 65.3 Å². The summed E-state index contributed by atoms with van der Waals surface area (Å²) in [5, 5.41) is 7.18. The summed E-state index contributed by atoms with van der Waals surface area (Å²) < 4.78 is 20.6. The van der Waals surface area contributed by atoms with Gasteiger partial charge >= 0.3 is 51.4 Å². The van der Waals surface area contributed by atoms with Gasteiger partial charge in [0.25, 0.3) is 0 Å². The zero-order chi connectivity index (χ0) is 30.4. The van der Waals surface area contributed by atoms with Crippen LogP contribution in [0.2, 0.25) is 10.0 Å². The van der Waals surface area contributed by atoms with Gasteiger partial charge in [-0.3, -0.25) is 17.2 Å². The number of benzene rings is 2. The SMILES string of the molecule is CC.CC1CCCCO1.[CH2-]Nc1cc(Cl)ccc1C1[C@@H](c2cccc(Cl)c2F)C(C(N)=O)NC12CCC(C)(C)CC2.[K+]. The number of ether oxygens (including phenoxy) is 1. The minimum absolute atomic E-state index is 0. The molecule has 5 rings (SSSR count). The van der Waals surface area contributed by atoms with E-state index in [1.807, 2.05) is 32.0 Å². The van der Waals surface area contributed by atoms with Crippen LogP contribution >= 0.6 is 23.2 Å². The number of rotatable bonds is 4. The Balaban J connectivity index is 0.000000534. The van der Waals surface area contributed by atoms with Gasteiger partial charge < -0.3 is 15.8 Å². The quantitative estimate of drug-likeness (QED) is 0.299. The Morgan fingerprint density at radius 1 is 1.10 bits per heavy atom. The van der Waals surface area contributed by atoms with Crippen LogP contribution in [-0.2, 0) is 9.53 Å². The smallest absolute Gasteiger partial charge is 0.538 e. The summed E-state index contributed by atoms with van der Waals surface area (Å²) in [5.74, 6) is -1.77. The number of nitrogens with two attached hydrogens (primary N) is 1. The number of amides is 1. The molecule has 0 bridgehead atoms. The molecule has 2 saturated heterocycles. The van der Waals surface area contributed by atoms with Crippen molar-refractivity contribution in [1.29, 1.82) is 0 Å². The van der Waals surface area contributed by atoms with E-state index in [9.17, 15) is 4.79 Å². The topological polar surface area (TPSA) is 76.4 Å². The molecule has 3 unspecified atom stereocenters. The Hall–Kier alpha value is -0.224. The Morgan fingerprint density at radius 2 is 1.76 bits per heavy atom. The summed E-state index contributed by atoms with van der Waals surface area (Å²) in [4.78, 5) is 12.7. The number of primary amides is 1. The second-order valence-electron chi connectivity index (χ2n) is 12.1. The second kappa shape index (κ2) is 16.9. The standard InChI is InChI=1S/C25H29Cl2FN3O.C6H12O.C2H6.K/c1-24(2)9-11-25(12-10-24)20(15-8-7-14(26)13-18(15)30-3)19(22(31-25)23(29)32)16-5-4-6-17(27)21(16)28;1-6-4-2-3-5-7-6;1-2;/h4-8,13,19-20,22,30-31H,3,9-12H2,1-2H3,(H2,29,32);6H,2-5H2,1H3;1-2H3;/q-1;;;+1/t19-,20?,22?;;;/m1.../s1. The monoisotopic (exact) mass is 645 g/mol. The van der Waals surface area contributed by atoms with E-state index in [1.165, 1.54) is 25.3 Å². The average molecular weight is 647 g/mol. The zero-order valence-corrected chi connectivity index (χ0v) is 30.8. The van der Waals surface area contributed by atoms with E-state index in [4.69, 9.17) is 33.7 Å². The van der Waals surface area contributed by atoms with Crippen molar-refractivity contribution >= 4 is 34.8 Å². The summed E-state index contributed by atoms with van der Waals surface area (Å²) in [7, 11) is 3.85. The van der Waals surface area contributed by atoms with Crippen LogP contribution in [0, 0.1) is 18.3 Å². The fourth-order valence-corrected chi connectivity index (χ4v) is 6.94. The number of hydrogen-bond acceptors (Lipinski definition) is 4. The van der Waals surface area contributed by atoms with Gasteiger partial charge in [-0.1, -0.05) is 69.1 Å². The molecule has 2 aliphatic heterocycles. The number of carbonyl (C=O) groups is 1. The van der Waals surface area contributed by atoms with E-state index < -0.39 is 29.2 Å². The van der Waals surface area contributed by atoms with Gasteiger partial charge in [0, 0.05) is 34.7 Å². The molecule has 2 heterocycles. The second-order valence-corrected chi connectivity index (χ2v) is 12.9. The molecule has 0 radical (unpaired) electrons. The molecule has 3 aliphatic rings. The van der Waals surface area contributed by atoms with Gasteiger partial charge in [0.1, 0.15) is 5.82 Å². The first-order valence-corrected chi connectivity index (χ1v) is 15.7. The number of nitrogens with one attached hydrogen (secondary N) is 2. The van der Waals surface area contributed by atoms with E-state index in [0.29, 0.717) is 16.7 Å². The van der Waals surface area contributed by atoms with E-state index in [1.54, 1.807) is 12.1 Å². The normalized spacial score (nSPS) is 25.6. The Morgan fingerprint density at radius 3 is 2.29 bits per heavy atom. The van der Waals surface area contributed by atoms with Crippen molar-refractivity contribution in [2.24, 2.45) is 11.1 Å². The number of hydrogen-bond donors (Lipinski definition) is 3. The van der Waals surface area contributed by atoms with Crippen molar-refractivity contribution in [3.63, 3.8) is 0 Å². The largest absolute Gasteiger partial charge is 1.00 e. The zero-order valence-electron chi connectivity index (χ0n) is 26.2. The van der Waals surface area contributed by atoms with Crippen molar-refractivity contribution in [3.8, 4) is 0 Å². The molecule has 1 amide bonds. The first-order valence-electron chi connectivity index (χ1n) is 14.9. The molecule has 2 aromatic rings. The molecular weight excluding hydrogens is 599 g/mol. The van der Waals surface area contributed by atoms with Crippen LogP contribution in [-0.4, -0.2) is 30.2 Å². The molecule has 1 aliphatic carbocycles. The molecular formula is C33H47Cl2FKN3O2. The van der Waals surface area contributed by atoms with Crippen molar-refractivity contribution in [2.45, 2.75) is 109 Å². The van der Waals surface area contributed by atoms with Gasteiger partial charge in [-0.25, -0.2) is 4.39 Å². The Labute approximate surface area is 305 Å². The fraction of sp³-hybridized carbons (Fsp3) is 0.576. The van der Waals surface area contributed by atoms with Crippen molar-refractivity contribution in [2.75, 3.05) is 11.9 Å². The minimum atomic E-state index is -0.734. The Bertz CT molecular complexity index is 1170. The summed E-state index contributed by atoms with van der Waals surface area (Å²) in [5.41, 5.74) is 7.75. The van der Waals surface area contributed by atoms with Crippen LogP contribution in [0.1, 0.15) is 103 Å². The van der Waals surface area contributed by atoms with E-state index in [-0.39, 0.29) is 67.7 Å². The van der Waals surface area contributed by atoms with Gasteiger partial charge in [-0.15, -0.1) is 0 Å². The maximum Gasteiger partial charge on any atom is 1.00 e. The molecule has 0 aromatic heterocycles. The van der Waals surface area contributed by atoms with Gasteiger partial charge in [0.15, 0.2) is 0 Å². The number of halogens is 3. The minimum Gasteiger partial charge on any atom is -0.538 e. The molecule has 1 spiro atoms. The summed E-state index contributed by atoms with van der Waals surface area (Å²) in [6.45, 7) is 11.6. The summed E-state index contributed by atoms with van der Waals surface area (Å²) in [6, 6.07) is 9.78. The average Bonchev–Trinajstić information content (AvgIpc) is 3.29. The van der Waals surface area contributed by atoms with Crippen molar-refractivity contribution in [3.05, 3.63) is 70.4 Å². The third-order valence-corrected chi connectivity index (χ3v) is 9.37. The van der Waals surface area contributed by atoms with Crippen LogP contribution in [0.5, 0.6) is 0 Å². The van der Waals surface area contributed by atoms with Crippen LogP contribution < -0.4 is 67.8 Å². The maximum atomic E-state index is 15.3. The predicted octanol–water partition coefficient (Wildman–Crippen LogP) is 5.61. The molecule has 1 saturated carbocycles. The molecule has 5 nitrogen and oxygen atoms in total. The Kier molecular flexibility index (Phi) is 15.3. The van der Waals surface area contributed by atoms with Crippen LogP contribution in [0.15, 0.2) is 36.4 Å². The first kappa shape index (κ1) is 38.0. The maximum absolute atomic E-state index is 15.3. The molecule has 2 aromatic carbocycles. The third-order valence-electron chi connectivity index (χ3n) is 8.85. The first-order chi connectivity index (χ1) is 19.5. The van der Waals surface area contributed by atoms with Crippen LogP contribution in [0.4, 0.5) is 10.1 Å². The number of carbonyl (C=O) groups excluding carboxylic acids is 1. The summed E-state index contributed by atoms with van der Waals surface area (Å²) in [6.07, 6.45) is 8.07. The van der Waals surface area contributed by atoms with Crippen LogP contribution in [0.25, 0.3) is 0 Å². The molecule has 228 valence electrons. The van der Waals surface area contributed by atoms with Crippen molar-refractivity contribution in [1.82, 2.24) is 5.32 Å². The van der Waals surface area contributed by atoms with E-state index in [2.05, 4.69) is 38.5 Å². The molecule has 42 heavy (non-hydrogen) atoms. The van der Waals surface area contributed by atoms with Gasteiger partial charge in [-0.2, -0.15) is 0 Å². The molecule has 3 fully saturated rings. The molecule has 4 N–H and O–H groups in total. The van der Waals surface area contributed by atoms with Gasteiger partial charge in [-0.05, 0) is 86.6 Å². The number of anilines is 1. The van der Waals surface area contributed by atoms with Crippen LogP contribution in [0.3, 0.4) is 0 Å². The fourth-order valence-electron chi connectivity index (χ4n) is 6.58. The van der Waals surface area contributed by atoms with E-state index >= 15 is 4.39 Å². The summed E-state index contributed by atoms with van der Waals surface area (Å²) >= 11 is 12.4. The van der Waals surface area contributed by atoms with Gasteiger partial charge in [0.2, 0.25) is 5.91 Å². The predicted molar refractivity (Wildman–Crippen MR) is 169 cm³/mol.